The van der Waals surface area contributed by atoms with Crippen molar-refractivity contribution in [2.45, 2.75) is 45.5 Å². The summed E-state index contributed by atoms with van der Waals surface area (Å²) in [5.41, 5.74) is 3.12. The maximum atomic E-state index is 12.9. The average Bonchev–Trinajstić information content (AvgIpc) is 3.19. The minimum absolute atomic E-state index is 0.0640. The molecule has 3 amide bonds. The number of Topliss-reactive ketones (excluding diaryl/α,β-unsaturated/α-hetero) is 1. The predicted molar refractivity (Wildman–Crippen MR) is 113 cm³/mol. The highest BCUT2D eigenvalue weighted by Crippen LogP contribution is 2.18. The zero-order valence-corrected chi connectivity index (χ0v) is 18.0. The van der Waals surface area contributed by atoms with E-state index in [-0.39, 0.29) is 25.5 Å². The molecule has 1 aliphatic heterocycles. The lowest BCUT2D eigenvalue weighted by molar-refractivity contribution is -0.140. The topological polar surface area (TPSA) is 126 Å². The Kier molecular flexibility index (Phi) is 7.35. The number of amides is 3. The van der Waals surface area contributed by atoms with Crippen LogP contribution in [-0.4, -0.2) is 40.8 Å². The minimum atomic E-state index is -1.05. The number of hydrogen-bond acceptors (Lipinski definition) is 7. The molecule has 3 rings (SSSR count). The van der Waals surface area contributed by atoms with Gasteiger partial charge in [0.25, 0.3) is 5.91 Å². The van der Waals surface area contributed by atoms with Crippen molar-refractivity contribution in [2.24, 2.45) is 5.92 Å². The summed E-state index contributed by atoms with van der Waals surface area (Å²) < 4.78 is 5.19. The van der Waals surface area contributed by atoms with Crippen molar-refractivity contribution >= 4 is 35.0 Å². The Hall–Kier alpha value is -3.27. The van der Waals surface area contributed by atoms with Crippen molar-refractivity contribution < 1.29 is 23.9 Å². The third-order valence-electron chi connectivity index (χ3n) is 4.82. The molecule has 1 aromatic carbocycles. The molecule has 164 valence electrons. The van der Waals surface area contributed by atoms with Crippen LogP contribution >= 0.6 is 11.3 Å². The van der Waals surface area contributed by atoms with Crippen molar-refractivity contribution in [3.05, 3.63) is 52.0 Å². The number of ketones is 1. The molecule has 2 unspecified atom stereocenters. The van der Waals surface area contributed by atoms with E-state index >= 15 is 0 Å². The summed E-state index contributed by atoms with van der Waals surface area (Å²) >= 11 is 1.36. The molecule has 0 bridgehead atoms. The first-order valence-corrected chi connectivity index (χ1v) is 10.7. The van der Waals surface area contributed by atoms with E-state index in [4.69, 9.17) is 4.74 Å². The van der Waals surface area contributed by atoms with Crippen LogP contribution in [0.25, 0.3) is 0 Å². The van der Waals surface area contributed by atoms with Crippen LogP contribution in [0.1, 0.15) is 30.0 Å². The number of thiazole rings is 1. The van der Waals surface area contributed by atoms with Gasteiger partial charge in [0.2, 0.25) is 11.7 Å². The first kappa shape index (κ1) is 22.4. The highest BCUT2D eigenvalue weighted by Gasteiger charge is 2.34. The number of fused-ring (bicyclic) bond motifs is 1. The normalized spacial score (nSPS) is 17.1. The largest absolute Gasteiger partial charge is 0.445 e. The number of aromatic nitrogens is 1. The monoisotopic (exact) mass is 444 g/mol. The van der Waals surface area contributed by atoms with E-state index in [0.717, 1.165) is 10.4 Å². The number of nitrogens with zero attached hydrogens (tertiary/aromatic N) is 1. The third kappa shape index (κ3) is 5.88. The van der Waals surface area contributed by atoms with Gasteiger partial charge in [0, 0.05) is 11.3 Å². The molecule has 1 aliphatic rings. The number of carbonyl (C=O) groups is 4. The van der Waals surface area contributed by atoms with Crippen molar-refractivity contribution in [3.63, 3.8) is 0 Å². The Morgan fingerprint density at radius 3 is 2.71 bits per heavy atom. The van der Waals surface area contributed by atoms with Crippen molar-refractivity contribution in [2.75, 3.05) is 0 Å². The molecule has 0 spiro atoms. The first-order chi connectivity index (χ1) is 14.8. The van der Waals surface area contributed by atoms with E-state index in [1.54, 1.807) is 19.4 Å². The lowest BCUT2D eigenvalue weighted by Gasteiger charge is -2.25. The summed E-state index contributed by atoms with van der Waals surface area (Å²) in [7, 11) is 0. The lowest BCUT2D eigenvalue weighted by Crippen LogP contribution is -2.56. The number of hydrogen-bond donors (Lipinski definition) is 3. The fourth-order valence-corrected chi connectivity index (χ4v) is 3.93. The molecule has 0 radical (unpaired) electrons. The van der Waals surface area contributed by atoms with Gasteiger partial charge in [-0.05, 0) is 11.5 Å². The van der Waals surface area contributed by atoms with Gasteiger partial charge in [-0.15, -0.1) is 11.3 Å². The van der Waals surface area contributed by atoms with E-state index in [2.05, 4.69) is 20.9 Å². The van der Waals surface area contributed by atoms with Crippen LogP contribution in [0.3, 0.4) is 0 Å². The Balaban J connectivity index is 1.64. The van der Waals surface area contributed by atoms with Crippen LogP contribution in [0.4, 0.5) is 4.79 Å². The van der Waals surface area contributed by atoms with Gasteiger partial charge < -0.3 is 20.7 Å². The summed E-state index contributed by atoms with van der Waals surface area (Å²) in [6.45, 7) is 3.76. The van der Waals surface area contributed by atoms with Crippen molar-refractivity contribution in [1.82, 2.24) is 20.9 Å². The quantitative estimate of drug-likeness (QED) is 0.577. The molecule has 0 aliphatic carbocycles. The maximum Gasteiger partial charge on any atom is 0.408 e. The maximum absolute atomic E-state index is 12.9. The van der Waals surface area contributed by atoms with E-state index < -0.39 is 35.8 Å². The number of ether oxygens (including phenoxy) is 1. The number of rotatable bonds is 6. The van der Waals surface area contributed by atoms with Crippen LogP contribution in [0, 0.1) is 5.92 Å². The Morgan fingerprint density at radius 1 is 1.26 bits per heavy atom. The number of carbonyl (C=O) groups excluding carboxylic acids is 4. The summed E-state index contributed by atoms with van der Waals surface area (Å²) in [5, 5.41) is 7.68. The summed E-state index contributed by atoms with van der Waals surface area (Å²) in [6.07, 6.45) is -0.578. The molecule has 0 saturated carbocycles. The molecule has 2 atom stereocenters. The van der Waals surface area contributed by atoms with E-state index in [0.29, 0.717) is 5.69 Å². The highest BCUT2D eigenvalue weighted by atomic mass is 32.1. The number of benzene rings is 1. The molecular formula is C21H24N4O5S. The van der Waals surface area contributed by atoms with Crippen molar-refractivity contribution in [3.8, 4) is 0 Å². The van der Waals surface area contributed by atoms with E-state index in [9.17, 15) is 19.2 Å². The second kappa shape index (κ2) is 10.2. The fraction of sp³-hybridized carbons (Fsp3) is 0.381. The summed E-state index contributed by atoms with van der Waals surface area (Å²) in [5.74, 6) is -2.35. The molecule has 0 saturated heterocycles. The van der Waals surface area contributed by atoms with Crippen LogP contribution in [-0.2, 0) is 38.7 Å². The molecular weight excluding hydrogens is 420 g/mol. The zero-order chi connectivity index (χ0) is 22.4. The molecule has 0 fully saturated rings. The average molecular weight is 445 g/mol. The molecule has 1 aromatic heterocycles. The zero-order valence-electron chi connectivity index (χ0n) is 17.2. The Morgan fingerprint density at radius 2 is 2.00 bits per heavy atom. The molecule has 9 nitrogen and oxygen atoms in total. The number of alkyl carbamates (subject to hydrolysis) is 1. The second-order valence-corrected chi connectivity index (χ2v) is 8.40. The van der Waals surface area contributed by atoms with E-state index in [1.807, 2.05) is 30.3 Å². The SMILES string of the molecule is CC(C)C(NC(=O)OCc1ccccc1)C(=O)NC1Cc2scnc2CNC(=O)C1=O. The second-order valence-electron chi connectivity index (χ2n) is 7.46. The highest BCUT2D eigenvalue weighted by molar-refractivity contribution is 7.09. The third-order valence-corrected chi connectivity index (χ3v) is 5.72. The van der Waals surface area contributed by atoms with E-state index in [1.165, 1.54) is 11.3 Å². The van der Waals surface area contributed by atoms with Crippen molar-refractivity contribution in [1.29, 1.82) is 0 Å². The molecule has 10 heteroatoms. The molecule has 3 N–H and O–H groups in total. The van der Waals surface area contributed by atoms with Gasteiger partial charge in [-0.1, -0.05) is 44.2 Å². The van der Waals surface area contributed by atoms with Gasteiger partial charge in [-0.2, -0.15) is 0 Å². The van der Waals surface area contributed by atoms with Crippen LogP contribution in [0.5, 0.6) is 0 Å². The van der Waals surface area contributed by atoms with Gasteiger partial charge in [0.05, 0.1) is 17.7 Å². The Bertz CT molecular complexity index is 960. The standard InChI is InChI=1S/C21H24N4O5S/c1-12(2)17(25-21(29)30-10-13-6-4-3-5-7-13)19(27)24-14-8-16-15(23-11-31-16)9-22-20(28)18(14)26/h3-7,11-12,14,17H,8-10H2,1-2H3,(H,22,28)(H,24,27)(H,25,29). The smallest absolute Gasteiger partial charge is 0.408 e. The molecule has 2 heterocycles. The van der Waals surface area contributed by atoms with Gasteiger partial charge in [0.1, 0.15) is 18.7 Å². The number of nitrogens with one attached hydrogen (secondary N) is 3. The van der Waals surface area contributed by atoms with Crippen LogP contribution in [0.15, 0.2) is 35.8 Å². The Labute approximate surface area is 183 Å². The van der Waals surface area contributed by atoms with Gasteiger partial charge in [-0.25, -0.2) is 9.78 Å². The molecule has 31 heavy (non-hydrogen) atoms. The van der Waals surface area contributed by atoms with Gasteiger partial charge in [0.15, 0.2) is 0 Å². The van der Waals surface area contributed by atoms with Crippen LogP contribution < -0.4 is 16.0 Å². The van der Waals surface area contributed by atoms with Gasteiger partial charge in [-0.3, -0.25) is 14.4 Å². The minimum Gasteiger partial charge on any atom is -0.445 e. The van der Waals surface area contributed by atoms with Crippen LogP contribution in [0.2, 0.25) is 0 Å². The fourth-order valence-electron chi connectivity index (χ4n) is 3.10. The molecule has 2 aromatic rings. The predicted octanol–water partition coefficient (Wildman–Crippen LogP) is 1.32. The lowest BCUT2D eigenvalue weighted by atomic mass is 10.0. The first-order valence-electron chi connectivity index (χ1n) is 9.86. The summed E-state index contributed by atoms with van der Waals surface area (Å²) in [4.78, 5) is 54.7. The van der Waals surface area contributed by atoms with Gasteiger partial charge >= 0.3 is 6.09 Å². The summed E-state index contributed by atoms with van der Waals surface area (Å²) in [6, 6.07) is 7.17.